The molecule has 0 bridgehead atoms. The highest BCUT2D eigenvalue weighted by Gasteiger charge is 2.12. The Kier molecular flexibility index (Phi) is 4.66. The van der Waals surface area contributed by atoms with Crippen molar-refractivity contribution in [1.29, 1.82) is 0 Å². The molecule has 0 radical (unpaired) electrons. The van der Waals surface area contributed by atoms with E-state index < -0.39 is 0 Å². The second-order valence-corrected chi connectivity index (χ2v) is 7.09. The lowest BCUT2D eigenvalue weighted by Crippen LogP contribution is -2.02. The van der Waals surface area contributed by atoms with Crippen LogP contribution in [0.25, 0.3) is 22.4 Å². The minimum Gasteiger partial charge on any atom is -0.324 e. The zero-order chi connectivity index (χ0) is 17.1. The van der Waals surface area contributed by atoms with E-state index in [0.717, 1.165) is 40.8 Å². The van der Waals surface area contributed by atoms with Crippen LogP contribution in [0.3, 0.4) is 0 Å². The molecule has 0 fully saturated rings. The van der Waals surface area contributed by atoms with Gasteiger partial charge in [0.15, 0.2) is 0 Å². The fourth-order valence-corrected chi connectivity index (χ4v) is 3.47. The van der Waals surface area contributed by atoms with Gasteiger partial charge in [-0.1, -0.05) is 70.5 Å². The summed E-state index contributed by atoms with van der Waals surface area (Å²) in [6, 6.07) is 27.5. The third-order valence-electron chi connectivity index (χ3n) is 4.45. The molecule has 0 aliphatic rings. The highest BCUT2D eigenvalue weighted by molar-refractivity contribution is 9.10. The van der Waals surface area contributed by atoms with Gasteiger partial charge in [-0.05, 0) is 42.7 Å². The molecule has 3 aromatic carbocycles. The zero-order valence-electron chi connectivity index (χ0n) is 13.9. The van der Waals surface area contributed by atoms with Crippen molar-refractivity contribution < 1.29 is 0 Å². The van der Waals surface area contributed by atoms with Crippen molar-refractivity contribution in [2.24, 2.45) is 0 Å². The summed E-state index contributed by atoms with van der Waals surface area (Å²) in [5.74, 6) is 1.04. The van der Waals surface area contributed by atoms with Gasteiger partial charge in [0.1, 0.15) is 5.82 Å². The van der Waals surface area contributed by atoms with Crippen LogP contribution in [0, 0.1) is 0 Å². The van der Waals surface area contributed by atoms with Crippen LogP contribution in [0.2, 0.25) is 0 Å². The monoisotopic (exact) mass is 390 g/mol. The molecule has 0 unspecified atom stereocenters. The number of nitrogens with zero attached hydrogens (tertiary/aromatic N) is 2. The summed E-state index contributed by atoms with van der Waals surface area (Å²) >= 11 is 3.51. The summed E-state index contributed by atoms with van der Waals surface area (Å²) in [6.45, 7) is 0.959. The van der Waals surface area contributed by atoms with Gasteiger partial charge in [0.2, 0.25) is 0 Å². The van der Waals surface area contributed by atoms with Crippen LogP contribution in [-0.4, -0.2) is 9.55 Å². The molecule has 0 atom stereocenters. The van der Waals surface area contributed by atoms with Gasteiger partial charge in [0.25, 0.3) is 0 Å². The minimum absolute atomic E-state index is 0.959. The largest absolute Gasteiger partial charge is 0.324 e. The Hall–Kier alpha value is -2.39. The summed E-state index contributed by atoms with van der Waals surface area (Å²) in [5.41, 5.74) is 4.80. The van der Waals surface area contributed by atoms with Crippen molar-refractivity contribution in [3.05, 3.63) is 88.9 Å². The van der Waals surface area contributed by atoms with Crippen LogP contribution in [0.1, 0.15) is 12.0 Å². The Labute approximate surface area is 156 Å². The number of aromatic nitrogens is 2. The second kappa shape index (κ2) is 7.24. The average Bonchev–Trinajstić information content (AvgIpc) is 3.02. The van der Waals surface area contributed by atoms with Crippen molar-refractivity contribution in [3.63, 3.8) is 0 Å². The molecule has 0 saturated carbocycles. The molecule has 3 heteroatoms. The maximum Gasteiger partial charge on any atom is 0.141 e. The second-order valence-electron chi connectivity index (χ2n) is 6.17. The van der Waals surface area contributed by atoms with E-state index in [9.17, 15) is 0 Å². The maximum atomic E-state index is 4.89. The maximum absolute atomic E-state index is 4.89. The molecule has 1 aromatic heterocycles. The van der Waals surface area contributed by atoms with Crippen molar-refractivity contribution in [2.45, 2.75) is 19.4 Å². The standard InChI is InChI=1S/C22H19BrN2/c23-19-14-12-18(13-15-19)22-24-20-10-4-5-11-21(20)25(22)16-6-9-17-7-2-1-3-8-17/h1-5,7-8,10-15H,6,9,16H2. The van der Waals surface area contributed by atoms with Gasteiger partial charge in [0.05, 0.1) is 11.0 Å². The molecule has 0 saturated heterocycles. The molecule has 124 valence electrons. The normalized spacial score (nSPS) is 11.1. The number of imidazole rings is 1. The lowest BCUT2D eigenvalue weighted by atomic mass is 10.1. The molecule has 0 aliphatic heterocycles. The first kappa shape index (κ1) is 16.1. The van der Waals surface area contributed by atoms with Gasteiger partial charge in [-0.15, -0.1) is 0 Å². The number of rotatable bonds is 5. The van der Waals surface area contributed by atoms with Crippen LogP contribution in [0.5, 0.6) is 0 Å². The number of halogens is 1. The molecule has 0 aliphatic carbocycles. The van der Waals surface area contributed by atoms with Crippen molar-refractivity contribution >= 4 is 27.0 Å². The Morgan fingerprint density at radius 1 is 0.800 bits per heavy atom. The van der Waals surface area contributed by atoms with Gasteiger partial charge in [-0.3, -0.25) is 0 Å². The molecule has 1 heterocycles. The molecular formula is C22H19BrN2. The first-order valence-corrected chi connectivity index (χ1v) is 9.36. The Morgan fingerprint density at radius 2 is 1.52 bits per heavy atom. The minimum atomic E-state index is 0.959. The summed E-state index contributed by atoms with van der Waals surface area (Å²) in [4.78, 5) is 4.89. The zero-order valence-corrected chi connectivity index (χ0v) is 15.5. The van der Waals surface area contributed by atoms with Crippen LogP contribution in [-0.2, 0) is 13.0 Å². The predicted molar refractivity (Wildman–Crippen MR) is 108 cm³/mol. The summed E-state index contributed by atoms with van der Waals surface area (Å²) in [5, 5.41) is 0. The number of hydrogen-bond acceptors (Lipinski definition) is 1. The van der Waals surface area contributed by atoms with Crippen molar-refractivity contribution in [2.75, 3.05) is 0 Å². The average molecular weight is 391 g/mol. The van der Waals surface area contributed by atoms with E-state index in [1.165, 1.54) is 11.1 Å². The third-order valence-corrected chi connectivity index (χ3v) is 4.98. The number of para-hydroxylation sites is 2. The number of hydrogen-bond donors (Lipinski definition) is 0. The van der Waals surface area contributed by atoms with E-state index in [2.05, 4.69) is 99.4 Å². The van der Waals surface area contributed by atoms with E-state index in [1.807, 2.05) is 0 Å². The van der Waals surface area contributed by atoms with Gasteiger partial charge in [-0.2, -0.15) is 0 Å². The molecule has 2 nitrogen and oxygen atoms in total. The van der Waals surface area contributed by atoms with Gasteiger partial charge in [-0.25, -0.2) is 4.98 Å². The quantitative estimate of drug-likeness (QED) is 0.402. The van der Waals surface area contributed by atoms with E-state index in [-0.39, 0.29) is 0 Å². The molecule has 0 amide bonds. The van der Waals surface area contributed by atoms with Crippen LogP contribution >= 0.6 is 15.9 Å². The third kappa shape index (κ3) is 3.52. The van der Waals surface area contributed by atoms with Crippen LogP contribution in [0.15, 0.2) is 83.3 Å². The Bertz CT molecular complexity index is 972. The molecule has 25 heavy (non-hydrogen) atoms. The van der Waals surface area contributed by atoms with Crippen LogP contribution < -0.4 is 0 Å². The van der Waals surface area contributed by atoms with Gasteiger partial charge in [0, 0.05) is 16.6 Å². The lowest BCUT2D eigenvalue weighted by molar-refractivity contribution is 0.663. The topological polar surface area (TPSA) is 17.8 Å². The SMILES string of the molecule is Brc1ccc(-c2nc3ccccc3n2CCCc2ccccc2)cc1. The van der Waals surface area contributed by atoms with E-state index in [4.69, 9.17) is 4.98 Å². The number of aryl methyl sites for hydroxylation is 2. The smallest absolute Gasteiger partial charge is 0.141 e. The number of fused-ring (bicyclic) bond motifs is 1. The van der Waals surface area contributed by atoms with Crippen molar-refractivity contribution in [1.82, 2.24) is 9.55 Å². The fraction of sp³-hybridized carbons (Fsp3) is 0.136. The predicted octanol–water partition coefficient (Wildman–Crippen LogP) is 6.10. The highest BCUT2D eigenvalue weighted by Crippen LogP contribution is 2.26. The summed E-state index contributed by atoms with van der Waals surface area (Å²) in [6.07, 6.45) is 2.17. The summed E-state index contributed by atoms with van der Waals surface area (Å²) < 4.78 is 3.43. The number of benzene rings is 3. The molecular weight excluding hydrogens is 372 g/mol. The molecule has 0 N–H and O–H groups in total. The lowest BCUT2D eigenvalue weighted by Gasteiger charge is -2.10. The molecule has 0 spiro atoms. The van der Waals surface area contributed by atoms with E-state index >= 15 is 0 Å². The van der Waals surface area contributed by atoms with Crippen LogP contribution in [0.4, 0.5) is 0 Å². The van der Waals surface area contributed by atoms with Gasteiger partial charge < -0.3 is 4.57 Å². The Morgan fingerprint density at radius 3 is 2.32 bits per heavy atom. The summed E-state index contributed by atoms with van der Waals surface area (Å²) in [7, 11) is 0. The highest BCUT2D eigenvalue weighted by atomic mass is 79.9. The van der Waals surface area contributed by atoms with Crippen molar-refractivity contribution in [3.8, 4) is 11.4 Å². The molecule has 4 aromatic rings. The molecule has 4 rings (SSSR count). The first-order valence-electron chi connectivity index (χ1n) is 8.56. The Balaban J connectivity index is 1.66. The van der Waals surface area contributed by atoms with Gasteiger partial charge >= 0.3 is 0 Å². The fourth-order valence-electron chi connectivity index (χ4n) is 3.21. The van der Waals surface area contributed by atoms with E-state index in [1.54, 1.807) is 0 Å². The first-order chi connectivity index (χ1) is 12.3. The van der Waals surface area contributed by atoms with E-state index in [0.29, 0.717) is 0 Å².